The third-order valence-corrected chi connectivity index (χ3v) is 3.55. The summed E-state index contributed by atoms with van der Waals surface area (Å²) in [6, 6.07) is 9.62. The Labute approximate surface area is 129 Å². The molecular formula is C14H9Cl2N3O2. The standard InChI is InChI=1S/C14H9Cl2N3O2/c15-9-5-6-10(16)12(17)11(9)14-18-13(19-21-14)7-1-3-8(20)4-2-7/h1-6,20H,17H2. The molecule has 3 aromatic rings. The van der Waals surface area contributed by atoms with E-state index in [1.54, 1.807) is 24.3 Å². The second kappa shape index (κ2) is 5.27. The fraction of sp³-hybridized carbons (Fsp3) is 0. The van der Waals surface area contributed by atoms with Crippen LogP contribution in [0.2, 0.25) is 10.0 Å². The third kappa shape index (κ3) is 2.53. The average Bonchev–Trinajstić information content (AvgIpc) is 2.94. The molecule has 7 heteroatoms. The van der Waals surface area contributed by atoms with E-state index in [4.69, 9.17) is 33.5 Å². The molecule has 0 amide bonds. The second-order valence-corrected chi connectivity index (χ2v) is 5.10. The van der Waals surface area contributed by atoms with Crippen LogP contribution in [0.25, 0.3) is 22.8 Å². The van der Waals surface area contributed by atoms with Crippen LogP contribution < -0.4 is 5.73 Å². The van der Waals surface area contributed by atoms with E-state index in [-0.39, 0.29) is 17.3 Å². The van der Waals surface area contributed by atoms with Crippen LogP contribution >= 0.6 is 23.2 Å². The van der Waals surface area contributed by atoms with Crippen molar-refractivity contribution < 1.29 is 9.63 Å². The molecule has 5 nitrogen and oxygen atoms in total. The largest absolute Gasteiger partial charge is 0.508 e. The predicted octanol–water partition coefficient (Wildman–Crippen LogP) is 4.00. The molecule has 0 fully saturated rings. The van der Waals surface area contributed by atoms with E-state index >= 15 is 0 Å². The maximum atomic E-state index is 9.28. The molecule has 3 N–H and O–H groups in total. The topological polar surface area (TPSA) is 85.2 Å². The van der Waals surface area contributed by atoms with Crippen LogP contribution in [-0.4, -0.2) is 15.2 Å². The van der Waals surface area contributed by atoms with E-state index in [1.165, 1.54) is 12.1 Å². The van der Waals surface area contributed by atoms with Gasteiger partial charge in [0.05, 0.1) is 21.3 Å². The highest BCUT2D eigenvalue weighted by Gasteiger charge is 2.18. The van der Waals surface area contributed by atoms with Gasteiger partial charge in [-0.15, -0.1) is 0 Å². The molecule has 0 saturated carbocycles. The Bertz CT molecular complexity index is 800. The van der Waals surface area contributed by atoms with Gasteiger partial charge in [0.25, 0.3) is 5.89 Å². The number of phenolic OH excluding ortho intramolecular Hbond substituents is 1. The van der Waals surface area contributed by atoms with Gasteiger partial charge in [-0.3, -0.25) is 0 Å². The molecule has 0 bridgehead atoms. The molecule has 0 saturated heterocycles. The molecule has 0 aliphatic rings. The number of aromatic nitrogens is 2. The van der Waals surface area contributed by atoms with Crippen molar-refractivity contribution in [3.8, 4) is 28.6 Å². The van der Waals surface area contributed by atoms with Gasteiger partial charge in [0, 0.05) is 5.56 Å². The minimum Gasteiger partial charge on any atom is -0.508 e. The van der Waals surface area contributed by atoms with Gasteiger partial charge in [-0.05, 0) is 36.4 Å². The van der Waals surface area contributed by atoms with E-state index < -0.39 is 0 Å². The number of phenols is 1. The van der Waals surface area contributed by atoms with Gasteiger partial charge < -0.3 is 15.4 Å². The minimum atomic E-state index is 0.157. The van der Waals surface area contributed by atoms with Crippen molar-refractivity contribution >= 4 is 28.9 Å². The number of anilines is 1. The molecule has 106 valence electrons. The SMILES string of the molecule is Nc1c(Cl)ccc(Cl)c1-c1nc(-c2ccc(O)cc2)no1. The molecule has 2 aromatic carbocycles. The van der Waals surface area contributed by atoms with Crippen LogP contribution in [-0.2, 0) is 0 Å². The van der Waals surface area contributed by atoms with Crippen molar-refractivity contribution in [3.63, 3.8) is 0 Å². The third-order valence-electron chi connectivity index (χ3n) is 2.91. The lowest BCUT2D eigenvalue weighted by Gasteiger charge is -2.04. The van der Waals surface area contributed by atoms with Gasteiger partial charge >= 0.3 is 0 Å². The summed E-state index contributed by atoms with van der Waals surface area (Å²) < 4.78 is 5.21. The van der Waals surface area contributed by atoms with Crippen LogP contribution in [0.5, 0.6) is 5.75 Å². The van der Waals surface area contributed by atoms with Crippen LogP contribution in [0.1, 0.15) is 0 Å². The average molecular weight is 322 g/mol. The monoisotopic (exact) mass is 321 g/mol. The predicted molar refractivity (Wildman–Crippen MR) is 81.3 cm³/mol. The van der Waals surface area contributed by atoms with Gasteiger partial charge in [0.15, 0.2) is 0 Å². The number of nitrogen functional groups attached to an aromatic ring is 1. The van der Waals surface area contributed by atoms with E-state index in [1.807, 2.05) is 0 Å². The van der Waals surface area contributed by atoms with Crippen LogP contribution in [0.3, 0.4) is 0 Å². The molecule has 0 aliphatic carbocycles. The number of hydrogen-bond donors (Lipinski definition) is 2. The molecule has 0 atom stereocenters. The van der Waals surface area contributed by atoms with Crippen LogP contribution in [0.4, 0.5) is 5.69 Å². The van der Waals surface area contributed by atoms with Gasteiger partial charge in [0.2, 0.25) is 5.82 Å². The van der Waals surface area contributed by atoms with Crippen molar-refractivity contribution in [1.82, 2.24) is 10.1 Å². The lowest BCUT2D eigenvalue weighted by atomic mass is 10.1. The highest BCUT2D eigenvalue weighted by molar-refractivity contribution is 6.37. The van der Waals surface area contributed by atoms with Crippen molar-refractivity contribution in [2.75, 3.05) is 5.73 Å². The Morgan fingerprint density at radius 1 is 1.00 bits per heavy atom. The number of halogens is 2. The summed E-state index contributed by atoms with van der Waals surface area (Å²) in [4.78, 5) is 4.26. The Balaban J connectivity index is 2.07. The molecular weight excluding hydrogens is 313 g/mol. The molecule has 21 heavy (non-hydrogen) atoms. The van der Waals surface area contributed by atoms with Crippen molar-refractivity contribution in [2.24, 2.45) is 0 Å². The molecule has 0 spiro atoms. The van der Waals surface area contributed by atoms with E-state index in [9.17, 15) is 5.11 Å². The van der Waals surface area contributed by atoms with E-state index in [0.717, 1.165) is 0 Å². The Morgan fingerprint density at radius 3 is 2.38 bits per heavy atom. The smallest absolute Gasteiger partial charge is 0.261 e. The zero-order valence-electron chi connectivity index (χ0n) is 10.5. The summed E-state index contributed by atoms with van der Waals surface area (Å²) in [7, 11) is 0. The number of nitrogens with two attached hydrogens (primary N) is 1. The molecule has 1 aromatic heterocycles. The van der Waals surface area contributed by atoms with Gasteiger partial charge in [-0.2, -0.15) is 4.98 Å². The molecule has 3 rings (SSSR count). The minimum absolute atomic E-state index is 0.157. The summed E-state index contributed by atoms with van der Waals surface area (Å²) in [5.41, 5.74) is 7.29. The molecule has 0 radical (unpaired) electrons. The molecule has 0 unspecified atom stereocenters. The number of nitrogens with zero attached hydrogens (tertiary/aromatic N) is 2. The summed E-state index contributed by atoms with van der Waals surface area (Å²) in [5.74, 6) is 0.702. The first-order valence-electron chi connectivity index (χ1n) is 5.93. The Morgan fingerprint density at radius 2 is 1.67 bits per heavy atom. The van der Waals surface area contributed by atoms with Gasteiger partial charge in [0.1, 0.15) is 5.75 Å². The first kappa shape index (κ1) is 13.7. The second-order valence-electron chi connectivity index (χ2n) is 4.29. The molecule has 1 heterocycles. The normalized spacial score (nSPS) is 10.8. The lowest BCUT2D eigenvalue weighted by Crippen LogP contribution is -1.92. The summed E-state index contributed by atoms with van der Waals surface area (Å²) in [6.45, 7) is 0. The number of hydrogen-bond acceptors (Lipinski definition) is 5. The fourth-order valence-electron chi connectivity index (χ4n) is 1.84. The summed E-state index contributed by atoms with van der Waals surface area (Å²) >= 11 is 12.1. The number of aromatic hydroxyl groups is 1. The van der Waals surface area contributed by atoms with Crippen LogP contribution in [0, 0.1) is 0 Å². The van der Waals surface area contributed by atoms with Crippen molar-refractivity contribution in [2.45, 2.75) is 0 Å². The lowest BCUT2D eigenvalue weighted by molar-refractivity contribution is 0.432. The fourth-order valence-corrected chi connectivity index (χ4v) is 2.24. The summed E-state index contributed by atoms with van der Waals surface area (Å²) in [6.07, 6.45) is 0. The quantitative estimate of drug-likeness (QED) is 0.697. The van der Waals surface area contributed by atoms with Crippen LogP contribution in [0.15, 0.2) is 40.9 Å². The highest BCUT2D eigenvalue weighted by atomic mass is 35.5. The maximum Gasteiger partial charge on any atom is 0.261 e. The van der Waals surface area contributed by atoms with Crippen molar-refractivity contribution in [3.05, 3.63) is 46.4 Å². The van der Waals surface area contributed by atoms with Gasteiger partial charge in [-0.25, -0.2) is 0 Å². The highest BCUT2D eigenvalue weighted by Crippen LogP contribution is 2.37. The molecule has 0 aliphatic heterocycles. The van der Waals surface area contributed by atoms with Crippen molar-refractivity contribution in [1.29, 1.82) is 0 Å². The zero-order valence-corrected chi connectivity index (χ0v) is 12.1. The number of benzene rings is 2. The first-order chi connectivity index (χ1) is 10.1. The Kier molecular flexibility index (Phi) is 3.45. The first-order valence-corrected chi connectivity index (χ1v) is 6.69. The van der Waals surface area contributed by atoms with Gasteiger partial charge in [-0.1, -0.05) is 28.4 Å². The maximum absolute atomic E-state index is 9.28. The van der Waals surface area contributed by atoms with E-state index in [0.29, 0.717) is 27.0 Å². The Hall–Kier alpha value is -2.24. The zero-order chi connectivity index (χ0) is 15.0. The number of rotatable bonds is 2. The summed E-state index contributed by atoms with van der Waals surface area (Å²) in [5, 5.41) is 13.9. The van der Waals surface area contributed by atoms with E-state index in [2.05, 4.69) is 10.1 Å².